The van der Waals surface area contributed by atoms with Gasteiger partial charge in [0.2, 0.25) is 5.91 Å². The molecule has 3 heterocycles. The van der Waals surface area contributed by atoms with Crippen LogP contribution in [0.5, 0.6) is 0 Å². The number of nitrogens with zero attached hydrogens (tertiary/aromatic N) is 4. The van der Waals surface area contributed by atoms with Crippen molar-refractivity contribution in [2.45, 2.75) is 25.9 Å². The standard InChI is InChI=1S/C20H25FN4O/c1-15(26)25-13-17-12-23(8-4-10-24-9-3-7-22-24)14-19(17)20(25)16-5-2-6-18(21)11-16/h2-3,5-7,9,11,17,19-20H,4,8,10,12-14H2,1H3/t17-,19-,20-/m1/s1. The Morgan fingerprint density at radius 1 is 1.23 bits per heavy atom. The molecule has 138 valence electrons. The Balaban J connectivity index is 1.43. The molecule has 2 aromatic rings. The number of hydrogen-bond acceptors (Lipinski definition) is 3. The Labute approximate surface area is 153 Å². The largest absolute Gasteiger partial charge is 0.335 e. The molecule has 2 fully saturated rings. The minimum Gasteiger partial charge on any atom is -0.335 e. The first-order chi connectivity index (χ1) is 12.6. The van der Waals surface area contributed by atoms with Gasteiger partial charge >= 0.3 is 0 Å². The molecule has 1 aromatic heterocycles. The van der Waals surface area contributed by atoms with Gasteiger partial charge in [0, 0.05) is 51.4 Å². The van der Waals surface area contributed by atoms with Crippen molar-refractivity contribution in [3.8, 4) is 0 Å². The van der Waals surface area contributed by atoms with Crippen LogP contribution in [-0.2, 0) is 11.3 Å². The van der Waals surface area contributed by atoms with Crippen LogP contribution in [0.25, 0.3) is 0 Å². The summed E-state index contributed by atoms with van der Waals surface area (Å²) in [5.41, 5.74) is 0.922. The van der Waals surface area contributed by atoms with Gasteiger partial charge in [0.1, 0.15) is 5.82 Å². The maximum atomic E-state index is 13.7. The number of aromatic nitrogens is 2. The summed E-state index contributed by atoms with van der Waals surface area (Å²) in [4.78, 5) is 16.6. The Morgan fingerprint density at radius 3 is 2.85 bits per heavy atom. The number of amides is 1. The molecule has 1 amide bonds. The maximum absolute atomic E-state index is 13.7. The lowest BCUT2D eigenvalue weighted by Crippen LogP contribution is -2.34. The molecule has 3 atom stereocenters. The monoisotopic (exact) mass is 356 g/mol. The molecule has 0 saturated carbocycles. The number of aryl methyl sites for hydroxylation is 1. The van der Waals surface area contributed by atoms with Crippen molar-refractivity contribution in [1.29, 1.82) is 0 Å². The predicted octanol–water partition coefficient (Wildman–Crippen LogP) is 2.56. The molecule has 5 nitrogen and oxygen atoms in total. The van der Waals surface area contributed by atoms with E-state index in [-0.39, 0.29) is 17.8 Å². The number of hydrogen-bond donors (Lipinski definition) is 0. The Hall–Kier alpha value is -2.21. The molecule has 0 N–H and O–H groups in total. The van der Waals surface area contributed by atoms with E-state index in [0.29, 0.717) is 11.8 Å². The predicted molar refractivity (Wildman–Crippen MR) is 96.8 cm³/mol. The quantitative estimate of drug-likeness (QED) is 0.827. The van der Waals surface area contributed by atoms with Gasteiger partial charge in [0.05, 0.1) is 6.04 Å². The average Bonchev–Trinajstić information content (AvgIpc) is 3.30. The zero-order valence-corrected chi connectivity index (χ0v) is 15.1. The lowest BCUT2D eigenvalue weighted by molar-refractivity contribution is -0.130. The van der Waals surface area contributed by atoms with E-state index < -0.39 is 0 Å². The molecule has 6 heteroatoms. The van der Waals surface area contributed by atoms with Crippen LogP contribution in [0.4, 0.5) is 4.39 Å². The molecular formula is C20H25FN4O. The van der Waals surface area contributed by atoms with E-state index >= 15 is 0 Å². The van der Waals surface area contributed by atoms with E-state index in [4.69, 9.17) is 0 Å². The Kier molecular flexibility index (Phi) is 4.76. The SMILES string of the molecule is CC(=O)N1C[C@H]2CN(CCCn3cccn3)C[C@H]2[C@H]1c1cccc(F)c1. The van der Waals surface area contributed by atoms with Gasteiger partial charge < -0.3 is 9.80 Å². The number of benzene rings is 1. The first-order valence-corrected chi connectivity index (χ1v) is 9.34. The van der Waals surface area contributed by atoms with E-state index in [0.717, 1.165) is 44.7 Å². The van der Waals surface area contributed by atoms with Crippen LogP contribution in [0.3, 0.4) is 0 Å². The number of rotatable bonds is 5. The minimum atomic E-state index is -0.233. The van der Waals surface area contributed by atoms with Crippen molar-refractivity contribution >= 4 is 5.91 Å². The third kappa shape index (κ3) is 3.38. The lowest BCUT2D eigenvalue weighted by Gasteiger charge is -2.29. The summed E-state index contributed by atoms with van der Waals surface area (Å²) >= 11 is 0. The fourth-order valence-electron chi connectivity index (χ4n) is 4.65. The van der Waals surface area contributed by atoms with E-state index in [9.17, 15) is 9.18 Å². The third-order valence-corrected chi connectivity index (χ3v) is 5.76. The second-order valence-electron chi connectivity index (χ2n) is 7.48. The Morgan fingerprint density at radius 2 is 2.12 bits per heavy atom. The summed E-state index contributed by atoms with van der Waals surface area (Å²) < 4.78 is 15.7. The molecular weight excluding hydrogens is 331 g/mol. The van der Waals surface area contributed by atoms with Crippen LogP contribution in [0, 0.1) is 17.7 Å². The molecule has 0 unspecified atom stereocenters. The van der Waals surface area contributed by atoms with Crippen molar-refractivity contribution in [2.24, 2.45) is 11.8 Å². The summed E-state index contributed by atoms with van der Waals surface area (Å²) in [7, 11) is 0. The molecule has 2 saturated heterocycles. The molecule has 0 spiro atoms. The highest BCUT2D eigenvalue weighted by molar-refractivity contribution is 5.74. The first-order valence-electron chi connectivity index (χ1n) is 9.34. The van der Waals surface area contributed by atoms with Crippen LogP contribution in [0.15, 0.2) is 42.7 Å². The van der Waals surface area contributed by atoms with Gasteiger partial charge in [-0.25, -0.2) is 4.39 Å². The second-order valence-corrected chi connectivity index (χ2v) is 7.48. The molecule has 4 rings (SSSR count). The van der Waals surface area contributed by atoms with E-state index in [1.807, 2.05) is 27.9 Å². The highest BCUT2D eigenvalue weighted by Gasteiger charge is 2.48. The summed E-state index contributed by atoms with van der Waals surface area (Å²) in [5, 5.41) is 4.25. The highest BCUT2D eigenvalue weighted by atomic mass is 19.1. The fraction of sp³-hybridized carbons (Fsp3) is 0.500. The van der Waals surface area contributed by atoms with Crippen molar-refractivity contribution in [2.75, 3.05) is 26.2 Å². The molecule has 2 aliphatic rings. The van der Waals surface area contributed by atoms with E-state index in [1.165, 1.54) is 6.07 Å². The summed E-state index contributed by atoms with van der Waals surface area (Å²) in [6.45, 7) is 6.33. The highest BCUT2D eigenvalue weighted by Crippen LogP contribution is 2.45. The smallest absolute Gasteiger partial charge is 0.219 e. The van der Waals surface area contributed by atoms with Crippen LogP contribution < -0.4 is 0 Å². The minimum absolute atomic E-state index is 0.00989. The molecule has 1 aromatic carbocycles. The number of carbonyl (C=O) groups excluding carboxylic acids is 1. The van der Waals surface area contributed by atoms with E-state index in [1.54, 1.807) is 25.3 Å². The summed E-state index contributed by atoms with van der Waals surface area (Å²) in [6, 6.07) is 8.68. The van der Waals surface area contributed by atoms with Crippen LogP contribution in [-0.4, -0.2) is 51.7 Å². The van der Waals surface area contributed by atoms with Crippen molar-refractivity contribution < 1.29 is 9.18 Å². The normalized spacial score (nSPS) is 25.6. The van der Waals surface area contributed by atoms with Gasteiger partial charge in [0.15, 0.2) is 0 Å². The molecule has 26 heavy (non-hydrogen) atoms. The average molecular weight is 356 g/mol. The van der Waals surface area contributed by atoms with Crippen molar-refractivity contribution in [1.82, 2.24) is 19.6 Å². The molecule has 0 aliphatic carbocycles. The van der Waals surface area contributed by atoms with Crippen LogP contribution in [0.2, 0.25) is 0 Å². The molecule has 2 aliphatic heterocycles. The fourth-order valence-corrected chi connectivity index (χ4v) is 4.65. The zero-order valence-electron chi connectivity index (χ0n) is 15.1. The molecule has 0 bridgehead atoms. The second kappa shape index (κ2) is 7.19. The zero-order chi connectivity index (χ0) is 18.1. The maximum Gasteiger partial charge on any atom is 0.219 e. The van der Waals surface area contributed by atoms with Gasteiger partial charge in [-0.1, -0.05) is 12.1 Å². The number of halogens is 1. The van der Waals surface area contributed by atoms with Gasteiger partial charge in [-0.3, -0.25) is 9.48 Å². The van der Waals surface area contributed by atoms with Crippen molar-refractivity contribution in [3.05, 3.63) is 54.1 Å². The first kappa shape index (κ1) is 17.2. The topological polar surface area (TPSA) is 41.4 Å². The van der Waals surface area contributed by atoms with Crippen molar-refractivity contribution in [3.63, 3.8) is 0 Å². The third-order valence-electron chi connectivity index (χ3n) is 5.76. The number of likely N-dealkylation sites (tertiary alicyclic amines) is 2. The summed E-state index contributed by atoms with van der Waals surface area (Å²) in [6.07, 6.45) is 4.85. The number of fused-ring (bicyclic) bond motifs is 1. The van der Waals surface area contributed by atoms with Crippen LogP contribution >= 0.6 is 0 Å². The van der Waals surface area contributed by atoms with Gasteiger partial charge in [0.25, 0.3) is 0 Å². The van der Waals surface area contributed by atoms with Gasteiger partial charge in [-0.2, -0.15) is 5.10 Å². The summed E-state index contributed by atoms with van der Waals surface area (Å²) in [5.74, 6) is 0.699. The number of carbonyl (C=O) groups is 1. The van der Waals surface area contributed by atoms with E-state index in [2.05, 4.69) is 10.00 Å². The van der Waals surface area contributed by atoms with Crippen LogP contribution in [0.1, 0.15) is 24.9 Å². The van der Waals surface area contributed by atoms with Gasteiger partial charge in [-0.05, 0) is 42.6 Å². The Bertz CT molecular complexity index is 763. The van der Waals surface area contributed by atoms with Gasteiger partial charge in [-0.15, -0.1) is 0 Å². The lowest BCUT2D eigenvalue weighted by atomic mass is 9.89. The molecule has 0 radical (unpaired) electrons.